The fourth-order valence-electron chi connectivity index (χ4n) is 5.78. The summed E-state index contributed by atoms with van der Waals surface area (Å²) in [7, 11) is -4.95. The lowest BCUT2D eigenvalue weighted by Gasteiger charge is -2.28. The lowest BCUT2D eigenvalue weighted by molar-refractivity contribution is 0.396. The second-order valence-corrected chi connectivity index (χ2v) is 18.4. The van der Waals surface area contributed by atoms with Crippen LogP contribution >= 0.6 is 7.26 Å². The molecule has 0 saturated carbocycles. The third-order valence-corrected chi connectivity index (χ3v) is 14.1. The third kappa shape index (κ3) is 17.9. The van der Waals surface area contributed by atoms with Crippen LogP contribution in [-0.2, 0) is 10.1 Å². The van der Waals surface area contributed by atoms with Crippen molar-refractivity contribution in [3.05, 3.63) is 29.8 Å². The van der Waals surface area contributed by atoms with Gasteiger partial charge in [0.25, 0.3) is 0 Å². The molecule has 0 heterocycles. The Bertz CT molecular complexity index is 784. The largest absolute Gasteiger partial charge is 0.744 e. The molecule has 0 aliphatic carbocycles. The molecular formula is C34H65O3PS. The SMILES string of the molecule is CC(C)CC(C)CCCCC(C)c1ccccc1S(=O)(=O)[O-].CCCC[P+](CCCC)(CCCC)CCCC. The van der Waals surface area contributed by atoms with Gasteiger partial charge in [-0.15, -0.1) is 0 Å². The van der Waals surface area contributed by atoms with E-state index >= 15 is 0 Å². The highest BCUT2D eigenvalue weighted by Gasteiger charge is 2.34. The van der Waals surface area contributed by atoms with Crippen molar-refractivity contribution < 1.29 is 13.0 Å². The average Bonchev–Trinajstić information content (AvgIpc) is 2.89. The molecule has 0 bridgehead atoms. The Labute approximate surface area is 245 Å². The summed E-state index contributed by atoms with van der Waals surface area (Å²) >= 11 is 0. The normalized spacial score (nSPS) is 13.7. The summed E-state index contributed by atoms with van der Waals surface area (Å²) < 4.78 is 34.0. The van der Waals surface area contributed by atoms with Gasteiger partial charge in [-0.2, -0.15) is 0 Å². The van der Waals surface area contributed by atoms with Crippen LogP contribution in [0.5, 0.6) is 0 Å². The summed E-state index contributed by atoms with van der Waals surface area (Å²) in [5.74, 6) is 1.58. The Morgan fingerprint density at radius 2 is 1.13 bits per heavy atom. The molecule has 0 aliphatic heterocycles. The van der Waals surface area contributed by atoms with E-state index in [2.05, 4.69) is 48.5 Å². The lowest BCUT2D eigenvalue weighted by Crippen LogP contribution is -2.12. The van der Waals surface area contributed by atoms with E-state index in [-0.39, 0.29) is 10.8 Å². The summed E-state index contributed by atoms with van der Waals surface area (Å²) in [4.78, 5) is -0.0596. The Balaban J connectivity index is 0.000000768. The van der Waals surface area contributed by atoms with E-state index in [1.54, 1.807) is 42.8 Å². The van der Waals surface area contributed by atoms with Crippen LogP contribution in [0.3, 0.4) is 0 Å². The van der Waals surface area contributed by atoms with Crippen molar-refractivity contribution in [2.75, 3.05) is 24.6 Å². The maximum absolute atomic E-state index is 11.3. The maximum Gasteiger partial charge on any atom is 0.124 e. The van der Waals surface area contributed by atoms with Crippen molar-refractivity contribution >= 4 is 17.4 Å². The monoisotopic (exact) mass is 584 g/mol. The molecule has 0 N–H and O–H groups in total. The second-order valence-electron chi connectivity index (χ2n) is 12.6. The summed E-state index contributed by atoms with van der Waals surface area (Å²) in [6, 6.07) is 6.58. The number of hydrogen-bond donors (Lipinski definition) is 0. The van der Waals surface area contributed by atoms with E-state index in [9.17, 15) is 13.0 Å². The summed E-state index contributed by atoms with van der Waals surface area (Å²) in [6.07, 6.45) is 23.6. The first kappa shape index (κ1) is 38.6. The van der Waals surface area contributed by atoms with E-state index in [4.69, 9.17) is 0 Å². The molecule has 1 rings (SSSR count). The molecule has 230 valence electrons. The minimum absolute atomic E-state index is 0.0596. The van der Waals surface area contributed by atoms with Crippen molar-refractivity contribution in [1.29, 1.82) is 0 Å². The summed E-state index contributed by atoms with van der Waals surface area (Å²) in [6.45, 7) is 18.2. The number of benzene rings is 1. The molecule has 2 atom stereocenters. The predicted molar refractivity (Wildman–Crippen MR) is 176 cm³/mol. The van der Waals surface area contributed by atoms with Crippen LogP contribution in [0.15, 0.2) is 29.2 Å². The summed E-state index contributed by atoms with van der Waals surface area (Å²) in [5.41, 5.74) is 0.660. The Morgan fingerprint density at radius 1 is 0.692 bits per heavy atom. The number of unbranched alkanes of at least 4 members (excludes halogenated alkanes) is 5. The van der Waals surface area contributed by atoms with E-state index < -0.39 is 17.4 Å². The Morgan fingerprint density at radius 3 is 1.54 bits per heavy atom. The van der Waals surface area contributed by atoms with Gasteiger partial charge >= 0.3 is 0 Å². The van der Waals surface area contributed by atoms with E-state index in [1.165, 1.54) is 70.3 Å². The zero-order valence-electron chi connectivity index (χ0n) is 27.1. The van der Waals surface area contributed by atoms with Crippen LogP contribution in [0, 0.1) is 11.8 Å². The number of hydrogen-bond acceptors (Lipinski definition) is 3. The van der Waals surface area contributed by atoms with Gasteiger partial charge in [-0.05, 0) is 67.9 Å². The quantitative estimate of drug-likeness (QED) is 0.0820. The topological polar surface area (TPSA) is 57.2 Å². The highest BCUT2D eigenvalue weighted by atomic mass is 32.2. The van der Waals surface area contributed by atoms with Crippen LogP contribution in [-0.4, -0.2) is 37.6 Å². The second kappa shape index (κ2) is 22.2. The molecule has 1 aromatic carbocycles. The van der Waals surface area contributed by atoms with Gasteiger partial charge < -0.3 is 4.55 Å². The zero-order valence-corrected chi connectivity index (χ0v) is 28.9. The average molecular weight is 585 g/mol. The first-order chi connectivity index (χ1) is 18.5. The van der Waals surface area contributed by atoms with Crippen LogP contribution in [0.4, 0.5) is 0 Å². The van der Waals surface area contributed by atoms with Crippen molar-refractivity contribution in [2.24, 2.45) is 11.8 Å². The van der Waals surface area contributed by atoms with Gasteiger partial charge in [-0.3, -0.25) is 0 Å². The van der Waals surface area contributed by atoms with Gasteiger partial charge in [-0.1, -0.05) is 119 Å². The van der Waals surface area contributed by atoms with Crippen LogP contribution < -0.4 is 0 Å². The van der Waals surface area contributed by atoms with E-state index in [1.807, 2.05) is 6.92 Å². The van der Waals surface area contributed by atoms with Crippen LogP contribution in [0.1, 0.15) is 150 Å². The fourth-order valence-corrected chi connectivity index (χ4v) is 11.9. The smallest absolute Gasteiger partial charge is 0.124 e. The molecule has 0 aliphatic rings. The van der Waals surface area contributed by atoms with Crippen LogP contribution in [0.2, 0.25) is 0 Å². The molecule has 0 amide bonds. The van der Waals surface area contributed by atoms with E-state index in [0.29, 0.717) is 5.56 Å². The molecule has 2 unspecified atom stereocenters. The van der Waals surface area contributed by atoms with Gasteiger partial charge in [0.15, 0.2) is 0 Å². The van der Waals surface area contributed by atoms with Crippen molar-refractivity contribution in [2.45, 2.75) is 150 Å². The minimum Gasteiger partial charge on any atom is -0.744 e. The molecule has 39 heavy (non-hydrogen) atoms. The van der Waals surface area contributed by atoms with E-state index in [0.717, 1.165) is 31.1 Å². The van der Waals surface area contributed by atoms with Crippen molar-refractivity contribution in [1.82, 2.24) is 0 Å². The van der Waals surface area contributed by atoms with Gasteiger partial charge in [-0.25, -0.2) is 8.42 Å². The molecular weight excluding hydrogens is 519 g/mol. The molecule has 0 saturated heterocycles. The number of rotatable bonds is 21. The molecule has 5 heteroatoms. The Hall–Kier alpha value is -0.440. The molecule has 0 aromatic heterocycles. The molecule has 1 aromatic rings. The minimum atomic E-state index is -4.39. The molecule has 0 fully saturated rings. The maximum atomic E-state index is 11.3. The van der Waals surface area contributed by atoms with Crippen molar-refractivity contribution in [3.8, 4) is 0 Å². The highest BCUT2D eigenvalue weighted by molar-refractivity contribution is 7.85. The van der Waals surface area contributed by atoms with Gasteiger partial charge in [0, 0.05) is 7.26 Å². The Kier molecular flexibility index (Phi) is 21.9. The van der Waals surface area contributed by atoms with Crippen LogP contribution in [0.25, 0.3) is 0 Å². The van der Waals surface area contributed by atoms with Gasteiger partial charge in [0.2, 0.25) is 0 Å². The third-order valence-electron chi connectivity index (χ3n) is 8.12. The highest BCUT2D eigenvalue weighted by Crippen LogP contribution is 2.61. The lowest BCUT2D eigenvalue weighted by atomic mass is 9.91. The van der Waals surface area contributed by atoms with Gasteiger partial charge in [0.05, 0.1) is 29.5 Å². The fraction of sp³-hybridized carbons (Fsp3) is 0.824. The predicted octanol–water partition coefficient (Wildman–Crippen LogP) is 11.1. The molecule has 3 nitrogen and oxygen atoms in total. The zero-order chi connectivity index (χ0) is 29.7. The first-order valence-electron chi connectivity index (χ1n) is 16.4. The van der Waals surface area contributed by atoms with Crippen molar-refractivity contribution in [3.63, 3.8) is 0 Å². The summed E-state index contributed by atoms with van der Waals surface area (Å²) in [5, 5.41) is 0. The molecule has 0 radical (unpaired) electrons. The molecule has 0 spiro atoms. The standard InChI is InChI=1S/C18H30O3S.C16H36P/c1-14(2)13-15(3)9-5-6-10-16(4)17-11-7-8-12-18(17)22(19,20)21;1-5-9-13-17(14-10-6-2,15-11-7-3)16-12-8-4/h7-8,11-12,14-16H,5-6,9-10,13H2,1-4H3,(H,19,20,21);5-16H2,1-4H3/q;+1/p-1. The first-order valence-corrected chi connectivity index (χ1v) is 20.3. The van der Waals surface area contributed by atoms with Gasteiger partial charge in [0.1, 0.15) is 10.1 Å².